The van der Waals surface area contributed by atoms with Gasteiger partial charge in [-0.3, -0.25) is 0 Å². The zero-order valence-corrected chi connectivity index (χ0v) is 37.3. The number of benzene rings is 7. The summed E-state index contributed by atoms with van der Waals surface area (Å²) in [5.41, 5.74) is 12.7. The van der Waals surface area contributed by atoms with E-state index >= 15 is 0 Å². The summed E-state index contributed by atoms with van der Waals surface area (Å²) < 4.78 is 25.4. The zero-order valence-electron chi connectivity index (χ0n) is 36.6. The molecule has 7 aromatic rings. The Labute approximate surface area is 371 Å². The normalized spacial score (nSPS) is 13.4. The van der Waals surface area contributed by atoms with Gasteiger partial charge >= 0.3 is 0 Å². The largest absolute Gasteiger partial charge is 0.486 e. The molecule has 2 aliphatic heterocycles. The van der Waals surface area contributed by atoms with Crippen LogP contribution in [0.3, 0.4) is 0 Å². The standard InChI is InChI=1S/C55H53ClN2O4/c1-36-32-47(57(45-20-14-22-49-52(45)61-30-28-59-49)43-26-24-39(54(2,3)4)34-41(43)37-16-10-8-11-17-37)51(56)48(33-36)58(46-21-15-23-50-53(46)62-31-29-60-50)44-27-25-40(55(5,6)7)35-42(44)38-18-12-9-13-19-38/h8-27,32-35H,28-31H2,1-7H3. The minimum Gasteiger partial charge on any atom is -0.486 e. The lowest BCUT2D eigenvalue weighted by atomic mass is 9.84. The topological polar surface area (TPSA) is 43.4 Å². The van der Waals surface area contributed by atoms with Crippen LogP contribution in [0.15, 0.2) is 146 Å². The van der Waals surface area contributed by atoms with Crippen LogP contribution in [0, 0.1) is 6.92 Å². The number of ether oxygens (including phenoxy) is 4. The van der Waals surface area contributed by atoms with Crippen molar-refractivity contribution >= 4 is 45.7 Å². The Kier molecular flexibility index (Phi) is 10.9. The maximum absolute atomic E-state index is 8.11. The minimum atomic E-state index is -0.0932. The van der Waals surface area contributed by atoms with E-state index in [-0.39, 0.29) is 10.8 Å². The van der Waals surface area contributed by atoms with E-state index < -0.39 is 0 Å². The second-order valence-electron chi connectivity index (χ2n) is 18.1. The van der Waals surface area contributed by atoms with Crippen molar-refractivity contribution in [2.75, 3.05) is 36.2 Å². The van der Waals surface area contributed by atoms with Gasteiger partial charge < -0.3 is 28.7 Å². The van der Waals surface area contributed by atoms with Gasteiger partial charge in [-0.05, 0) is 106 Å². The van der Waals surface area contributed by atoms with Gasteiger partial charge in [-0.15, -0.1) is 0 Å². The molecule has 0 N–H and O–H groups in total. The molecule has 314 valence electrons. The second-order valence-corrected chi connectivity index (χ2v) is 18.5. The van der Waals surface area contributed by atoms with Gasteiger partial charge in [-0.1, -0.05) is 138 Å². The summed E-state index contributed by atoms with van der Waals surface area (Å²) in [5, 5.41) is 0.539. The summed E-state index contributed by atoms with van der Waals surface area (Å²) in [6.07, 6.45) is 0. The number of fused-ring (bicyclic) bond motifs is 2. The Balaban J connectivity index is 1.36. The number of anilines is 6. The van der Waals surface area contributed by atoms with Gasteiger partial charge in [-0.25, -0.2) is 0 Å². The molecule has 2 heterocycles. The van der Waals surface area contributed by atoms with Crippen molar-refractivity contribution in [1.29, 1.82) is 0 Å². The van der Waals surface area contributed by atoms with Crippen molar-refractivity contribution in [2.24, 2.45) is 0 Å². The average molecular weight is 841 g/mol. The molecule has 7 heteroatoms. The number of halogens is 1. The third-order valence-electron chi connectivity index (χ3n) is 11.6. The number of hydrogen-bond acceptors (Lipinski definition) is 6. The van der Waals surface area contributed by atoms with Crippen LogP contribution in [-0.4, -0.2) is 26.4 Å². The molecule has 0 spiro atoms. The fourth-order valence-corrected chi connectivity index (χ4v) is 8.67. The van der Waals surface area contributed by atoms with E-state index in [1.807, 2.05) is 24.3 Å². The molecule has 0 atom stereocenters. The van der Waals surface area contributed by atoms with Gasteiger partial charge in [-0.2, -0.15) is 0 Å². The highest BCUT2D eigenvalue weighted by Crippen LogP contribution is 2.56. The van der Waals surface area contributed by atoms with E-state index in [1.165, 1.54) is 11.1 Å². The predicted octanol–water partition coefficient (Wildman–Crippen LogP) is 15.1. The summed E-state index contributed by atoms with van der Waals surface area (Å²) >= 11 is 8.11. The molecular weight excluding hydrogens is 788 g/mol. The van der Waals surface area contributed by atoms with Gasteiger partial charge in [0.2, 0.25) is 0 Å². The molecule has 6 nitrogen and oxygen atoms in total. The molecular formula is C55H53ClN2O4. The molecule has 0 amide bonds. The Hall–Kier alpha value is -6.37. The fourth-order valence-electron chi connectivity index (χ4n) is 8.40. The SMILES string of the molecule is Cc1cc(N(c2ccc(C(C)(C)C)cc2-c2ccccc2)c2cccc3c2OCCO3)c(Cl)c(N(c2ccc(C(C)(C)C)cc2-c2ccccc2)c2cccc3c2OCCO3)c1. The average Bonchev–Trinajstić information content (AvgIpc) is 3.28. The Morgan fingerprint density at radius 3 is 1.23 bits per heavy atom. The van der Waals surface area contributed by atoms with Crippen molar-refractivity contribution in [3.05, 3.63) is 167 Å². The van der Waals surface area contributed by atoms with Gasteiger partial charge in [0.05, 0.1) is 39.1 Å². The van der Waals surface area contributed by atoms with Crippen LogP contribution in [0.4, 0.5) is 34.1 Å². The Bertz CT molecular complexity index is 2570. The number of nitrogens with zero attached hydrogens (tertiary/aromatic N) is 2. The summed E-state index contributed by atoms with van der Waals surface area (Å²) in [5.74, 6) is 2.72. The second kappa shape index (κ2) is 16.5. The molecule has 7 aromatic carbocycles. The summed E-state index contributed by atoms with van der Waals surface area (Å²) in [4.78, 5) is 4.50. The molecule has 0 aliphatic carbocycles. The zero-order chi connectivity index (χ0) is 43.2. The van der Waals surface area contributed by atoms with E-state index in [2.05, 4.69) is 180 Å². The van der Waals surface area contributed by atoms with Crippen LogP contribution in [0.25, 0.3) is 22.3 Å². The summed E-state index contributed by atoms with van der Waals surface area (Å²) in [6.45, 7) is 17.4. The van der Waals surface area contributed by atoms with Crippen LogP contribution < -0.4 is 28.7 Å². The molecule has 9 rings (SSSR count). The van der Waals surface area contributed by atoms with Crippen molar-refractivity contribution in [3.63, 3.8) is 0 Å². The number of aryl methyl sites for hydroxylation is 1. The quantitative estimate of drug-likeness (QED) is 0.152. The molecule has 2 aliphatic rings. The maximum atomic E-state index is 8.11. The molecule has 0 bridgehead atoms. The first-order valence-corrected chi connectivity index (χ1v) is 21.8. The highest BCUT2D eigenvalue weighted by molar-refractivity contribution is 6.37. The van der Waals surface area contributed by atoms with Gasteiger partial charge in [0.15, 0.2) is 23.0 Å². The van der Waals surface area contributed by atoms with Crippen LogP contribution >= 0.6 is 11.6 Å². The highest BCUT2D eigenvalue weighted by atomic mass is 35.5. The van der Waals surface area contributed by atoms with Crippen molar-refractivity contribution in [3.8, 4) is 45.3 Å². The molecule has 0 unspecified atom stereocenters. The van der Waals surface area contributed by atoms with Crippen molar-refractivity contribution in [1.82, 2.24) is 0 Å². The number of hydrogen-bond donors (Lipinski definition) is 0. The van der Waals surface area contributed by atoms with Crippen LogP contribution in [0.1, 0.15) is 58.2 Å². The van der Waals surface area contributed by atoms with Crippen LogP contribution in [0.2, 0.25) is 5.02 Å². The minimum absolute atomic E-state index is 0.0932. The molecule has 0 aromatic heterocycles. The molecule has 62 heavy (non-hydrogen) atoms. The third kappa shape index (κ3) is 7.84. The first-order valence-electron chi connectivity index (χ1n) is 21.4. The van der Waals surface area contributed by atoms with Gasteiger partial charge in [0.1, 0.15) is 26.4 Å². The predicted molar refractivity (Wildman–Crippen MR) is 256 cm³/mol. The molecule has 0 radical (unpaired) electrons. The third-order valence-corrected chi connectivity index (χ3v) is 12.0. The molecule has 0 saturated carbocycles. The first-order chi connectivity index (χ1) is 29.9. The molecule has 0 saturated heterocycles. The van der Waals surface area contributed by atoms with E-state index in [0.29, 0.717) is 54.4 Å². The lowest BCUT2D eigenvalue weighted by Crippen LogP contribution is -2.21. The van der Waals surface area contributed by atoms with E-state index in [4.69, 9.17) is 30.5 Å². The van der Waals surface area contributed by atoms with Crippen molar-refractivity contribution in [2.45, 2.75) is 59.3 Å². The van der Waals surface area contributed by atoms with E-state index in [9.17, 15) is 0 Å². The van der Waals surface area contributed by atoms with E-state index in [0.717, 1.165) is 61.9 Å². The van der Waals surface area contributed by atoms with Gasteiger partial charge in [0.25, 0.3) is 0 Å². The monoisotopic (exact) mass is 840 g/mol. The van der Waals surface area contributed by atoms with Gasteiger partial charge in [0, 0.05) is 11.1 Å². The smallest absolute Gasteiger partial charge is 0.185 e. The fraction of sp³-hybridized carbons (Fsp3) is 0.236. The van der Waals surface area contributed by atoms with E-state index in [1.54, 1.807) is 0 Å². The number of rotatable bonds is 8. The first kappa shape index (κ1) is 41.0. The number of para-hydroxylation sites is 2. The highest BCUT2D eigenvalue weighted by Gasteiger charge is 2.32. The Morgan fingerprint density at radius 1 is 0.419 bits per heavy atom. The molecule has 0 fully saturated rings. The summed E-state index contributed by atoms with van der Waals surface area (Å²) in [6, 6.07) is 51.2. The van der Waals surface area contributed by atoms with Crippen LogP contribution in [0.5, 0.6) is 23.0 Å². The lowest BCUT2D eigenvalue weighted by Gasteiger charge is -2.36. The maximum Gasteiger partial charge on any atom is 0.185 e. The van der Waals surface area contributed by atoms with Crippen LogP contribution in [-0.2, 0) is 10.8 Å². The summed E-state index contributed by atoms with van der Waals surface area (Å²) in [7, 11) is 0. The lowest BCUT2D eigenvalue weighted by molar-refractivity contribution is 0.172. The Morgan fingerprint density at radius 2 is 0.823 bits per heavy atom. The van der Waals surface area contributed by atoms with Crippen molar-refractivity contribution < 1.29 is 18.9 Å².